The second kappa shape index (κ2) is 6.45. The Morgan fingerprint density at radius 1 is 1.00 bits per heavy atom. The molecule has 0 fully saturated rings. The maximum Gasteiger partial charge on any atom is 0.416 e. The average molecular weight is 315 g/mol. The first kappa shape index (κ1) is 15.8. The Balaban J connectivity index is 1.96. The van der Waals surface area contributed by atoms with Gasteiger partial charge in [-0.1, -0.05) is 29.8 Å². The smallest absolute Gasteiger partial charge is 0.298 e. The summed E-state index contributed by atoms with van der Waals surface area (Å²) in [6, 6.07) is 8.79. The van der Waals surface area contributed by atoms with Crippen LogP contribution >= 0.6 is 11.6 Å². The zero-order valence-corrected chi connectivity index (χ0v) is 12.1. The highest BCUT2D eigenvalue weighted by Gasteiger charge is 2.29. The summed E-state index contributed by atoms with van der Waals surface area (Å²) in [4.78, 5) is 5.99. The highest BCUT2D eigenvalue weighted by molar-refractivity contribution is 6.29. The molecule has 0 N–H and O–H groups in total. The van der Waals surface area contributed by atoms with Gasteiger partial charge >= 0.3 is 6.18 Å². The number of aromatic nitrogens is 1. The predicted molar refractivity (Wildman–Crippen MR) is 75.9 cm³/mol. The average Bonchev–Trinajstić information content (AvgIpc) is 2.41. The van der Waals surface area contributed by atoms with E-state index < -0.39 is 11.7 Å². The summed E-state index contributed by atoms with van der Waals surface area (Å²) >= 11 is 5.71. The third-order valence-corrected chi connectivity index (χ3v) is 3.20. The number of nitrogens with zero attached hydrogens (tertiary/aromatic N) is 2. The number of pyridine rings is 1. The number of alkyl halides is 3. The minimum Gasteiger partial charge on any atom is -0.298 e. The molecular weight excluding hydrogens is 301 g/mol. The lowest BCUT2D eigenvalue weighted by Gasteiger charge is -2.17. The van der Waals surface area contributed by atoms with Crippen molar-refractivity contribution in [1.82, 2.24) is 9.88 Å². The fourth-order valence-electron chi connectivity index (χ4n) is 1.98. The van der Waals surface area contributed by atoms with Crippen LogP contribution in [0.1, 0.15) is 16.7 Å². The molecule has 6 heteroatoms. The molecule has 0 spiro atoms. The molecule has 112 valence electrons. The minimum absolute atomic E-state index is 0.434. The molecule has 0 atom stereocenters. The first-order valence-electron chi connectivity index (χ1n) is 6.30. The zero-order valence-electron chi connectivity index (χ0n) is 11.4. The molecule has 2 rings (SSSR count). The van der Waals surface area contributed by atoms with Gasteiger partial charge < -0.3 is 0 Å². The van der Waals surface area contributed by atoms with E-state index in [1.807, 2.05) is 18.0 Å². The van der Waals surface area contributed by atoms with E-state index in [0.717, 1.165) is 23.3 Å². The van der Waals surface area contributed by atoms with Gasteiger partial charge in [0.15, 0.2) is 0 Å². The molecule has 1 aromatic carbocycles. The normalized spacial score (nSPS) is 11.9. The van der Waals surface area contributed by atoms with Crippen molar-refractivity contribution in [3.63, 3.8) is 0 Å². The summed E-state index contributed by atoms with van der Waals surface area (Å²) in [6.45, 7) is 1.20. The van der Waals surface area contributed by atoms with Crippen molar-refractivity contribution < 1.29 is 13.2 Å². The second-order valence-electron chi connectivity index (χ2n) is 4.86. The summed E-state index contributed by atoms with van der Waals surface area (Å²) in [6.07, 6.45) is -2.61. The van der Waals surface area contributed by atoms with E-state index in [2.05, 4.69) is 4.98 Å². The van der Waals surface area contributed by atoms with Crippen LogP contribution in [0.3, 0.4) is 0 Å². The molecule has 0 radical (unpaired) electrons. The summed E-state index contributed by atoms with van der Waals surface area (Å²) in [5, 5.41) is 0.434. The van der Waals surface area contributed by atoms with Crippen molar-refractivity contribution in [2.24, 2.45) is 0 Å². The Hall–Kier alpha value is -1.59. The first-order chi connectivity index (χ1) is 9.84. The van der Waals surface area contributed by atoms with Crippen LogP contribution in [0.5, 0.6) is 0 Å². The highest BCUT2D eigenvalue weighted by Crippen LogP contribution is 2.29. The van der Waals surface area contributed by atoms with Gasteiger partial charge in [0.2, 0.25) is 0 Å². The van der Waals surface area contributed by atoms with Crippen molar-refractivity contribution in [2.45, 2.75) is 19.3 Å². The van der Waals surface area contributed by atoms with E-state index in [1.165, 1.54) is 12.1 Å². The standard InChI is InChI=1S/C15H14ClF3N2/c1-21(10-12-4-7-14(16)20-8-12)9-11-2-5-13(6-3-11)15(17,18)19/h2-8H,9-10H2,1H3. The van der Waals surface area contributed by atoms with Gasteiger partial charge in [-0.05, 0) is 36.4 Å². The molecule has 0 saturated carbocycles. The zero-order chi connectivity index (χ0) is 15.5. The lowest BCUT2D eigenvalue weighted by Crippen LogP contribution is -2.17. The Bertz CT molecular complexity index is 579. The fraction of sp³-hybridized carbons (Fsp3) is 0.267. The van der Waals surface area contributed by atoms with E-state index in [1.54, 1.807) is 12.3 Å². The molecular formula is C15H14ClF3N2. The number of hydrogen-bond acceptors (Lipinski definition) is 2. The Labute approximate surface area is 126 Å². The molecule has 2 aromatic rings. The van der Waals surface area contributed by atoms with Crippen LogP contribution in [0.25, 0.3) is 0 Å². The van der Waals surface area contributed by atoms with Gasteiger partial charge in [0.1, 0.15) is 5.15 Å². The van der Waals surface area contributed by atoms with E-state index in [9.17, 15) is 13.2 Å². The molecule has 0 aliphatic heterocycles. The number of halogens is 4. The predicted octanol–water partition coefficient (Wildman–Crippen LogP) is 4.39. The van der Waals surface area contributed by atoms with E-state index in [0.29, 0.717) is 18.2 Å². The monoisotopic (exact) mass is 314 g/mol. The summed E-state index contributed by atoms with van der Waals surface area (Å²) in [5.74, 6) is 0. The SMILES string of the molecule is CN(Cc1ccc(C(F)(F)F)cc1)Cc1ccc(Cl)nc1. The van der Waals surface area contributed by atoms with E-state index in [-0.39, 0.29) is 0 Å². The van der Waals surface area contributed by atoms with Crippen molar-refractivity contribution in [2.75, 3.05) is 7.05 Å². The quantitative estimate of drug-likeness (QED) is 0.778. The topological polar surface area (TPSA) is 16.1 Å². The maximum atomic E-state index is 12.5. The lowest BCUT2D eigenvalue weighted by atomic mass is 10.1. The lowest BCUT2D eigenvalue weighted by molar-refractivity contribution is -0.137. The van der Waals surface area contributed by atoms with Gasteiger partial charge in [-0.2, -0.15) is 13.2 Å². The molecule has 1 aromatic heterocycles. The van der Waals surface area contributed by atoms with Crippen LogP contribution < -0.4 is 0 Å². The molecule has 2 nitrogen and oxygen atoms in total. The van der Waals surface area contributed by atoms with Gasteiger partial charge in [0, 0.05) is 19.3 Å². The van der Waals surface area contributed by atoms with Gasteiger partial charge in [-0.25, -0.2) is 4.98 Å². The van der Waals surface area contributed by atoms with Crippen molar-refractivity contribution >= 4 is 11.6 Å². The molecule has 0 aliphatic carbocycles. The van der Waals surface area contributed by atoms with Gasteiger partial charge in [-0.15, -0.1) is 0 Å². The van der Waals surface area contributed by atoms with Crippen molar-refractivity contribution in [3.8, 4) is 0 Å². The van der Waals surface area contributed by atoms with Crippen LogP contribution in [0, 0.1) is 0 Å². The maximum absolute atomic E-state index is 12.5. The Morgan fingerprint density at radius 2 is 1.57 bits per heavy atom. The highest BCUT2D eigenvalue weighted by atomic mass is 35.5. The fourth-order valence-corrected chi connectivity index (χ4v) is 2.09. The molecule has 0 saturated heterocycles. The van der Waals surface area contributed by atoms with Crippen LogP contribution in [-0.4, -0.2) is 16.9 Å². The molecule has 21 heavy (non-hydrogen) atoms. The van der Waals surface area contributed by atoms with Crippen molar-refractivity contribution in [1.29, 1.82) is 0 Å². The third kappa shape index (κ3) is 4.72. The van der Waals surface area contributed by atoms with Crippen molar-refractivity contribution in [3.05, 3.63) is 64.4 Å². The van der Waals surface area contributed by atoms with Gasteiger partial charge in [-0.3, -0.25) is 4.90 Å². The minimum atomic E-state index is -4.29. The van der Waals surface area contributed by atoms with Gasteiger partial charge in [0.05, 0.1) is 5.56 Å². The van der Waals surface area contributed by atoms with Crippen LogP contribution in [0.2, 0.25) is 5.15 Å². The van der Waals surface area contributed by atoms with Crippen LogP contribution in [0.4, 0.5) is 13.2 Å². The molecule has 0 unspecified atom stereocenters. The number of benzene rings is 1. The number of hydrogen-bond donors (Lipinski definition) is 0. The number of rotatable bonds is 4. The molecule has 1 heterocycles. The summed E-state index contributed by atoms with van der Waals surface area (Å²) in [7, 11) is 1.90. The van der Waals surface area contributed by atoms with Crippen LogP contribution in [-0.2, 0) is 19.3 Å². The molecule has 0 aliphatic rings. The van der Waals surface area contributed by atoms with Crippen LogP contribution in [0.15, 0.2) is 42.6 Å². The van der Waals surface area contributed by atoms with Gasteiger partial charge in [0.25, 0.3) is 0 Å². The molecule has 0 amide bonds. The third-order valence-electron chi connectivity index (χ3n) is 2.97. The summed E-state index contributed by atoms with van der Waals surface area (Å²) in [5.41, 5.74) is 1.19. The van der Waals surface area contributed by atoms with E-state index in [4.69, 9.17) is 11.6 Å². The summed E-state index contributed by atoms with van der Waals surface area (Å²) < 4.78 is 37.4. The Kier molecular flexibility index (Phi) is 4.85. The first-order valence-corrected chi connectivity index (χ1v) is 6.67. The largest absolute Gasteiger partial charge is 0.416 e. The Morgan fingerprint density at radius 3 is 2.10 bits per heavy atom. The molecule has 0 bridgehead atoms. The second-order valence-corrected chi connectivity index (χ2v) is 5.24. The van der Waals surface area contributed by atoms with E-state index >= 15 is 0 Å².